The van der Waals surface area contributed by atoms with E-state index in [4.69, 9.17) is 4.74 Å². The molecule has 1 atom stereocenters. The molecule has 36 heavy (non-hydrogen) atoms. The highest BCUT2D eigenvalue weighted by molar-refractivity contribution is 8.00. The van der Waals surface area contributed by atoms with E-state index in [2.05, 4.69) is 27.8 Å². The van der Waals surface area contributed by atoms with Crippen molar-refractivity contribution in [3.63, 3.8) is 0 Å². The van der Waals surface area contributed by atoms with E-state index in [0.29, 0.717) is 16.6 Å². The van der Waals surface area contributed by atoms with Gasteiger partial charge < -0.3 is 15.4 Å². The Morgan fingerprint density at radius 3 is 2.47 bits per heavy atom. The van der Waals surface area contributed by atoms with Crippen LogP contribution in [0.4, 0.5) is 10.8 Å². The maximum atomic E-state index is 12.8. The van der Waals surface area contributed by atoms with E-state index in [1.807, 2.05) is 69.3 Å². The monoisotopic (exact) mass is 517 g/mol. The summed E-state index contributed by atoms with van der Waals surface area (Å²) >= 11 is 2.88. The van der Waals surface area contributed by atoms with Crippen LogP contribution in [0.15, 0.2) is 83.8 Å². The van der Waals surface area contributed by atoms with E-state index in [1.165, 1.54) is 28.7 Å². The van der Waals surface area contributed by atoms with E-state index in [0.717, 1.165) is 21.0 Å². The quantitative estimate of drug-likeness (QED) is 0.246. The Kier molecular flexibility index (Phi) is 8.40. The highest BCUT2D eigenvalue weighted by Gasteiger charge is 2.18. The van der Waals surface area contributed by atoms with E-state index >= 15 is 0 Å². The second kappa shape index (κ2) is 11.9. The number of thioether (sulfide) groups is 1. The number of benzene rings is 3. The molecule has 3 aromatic carbocycles. The van der Waals surface area contributed by atoms with Crippen molar-refractivity contribution in [2.45, 2.75) is 30.9 Å². The summed E-state index contributed by atoms with van der Waals surface area (Å²) in [7, 11) is 0. The van der Waals surface area contributed by atoms with E-state index < -0.39 is 0 Å². The molecule has 4 aromatic rings. The fourth-order valence-electron chi connectivity index (χ4n) is 3.40. The topological polar surface area (TPSA) is 80.3 Å². The molecule has 4 rings (SSSR count). The molecule has 0 aliphatic carbocycles. The van der Waals surface area contributed by atoms with Gasteiger partial charge in [0, 0.05) is 21.0 Å². The third-order valence-corrected chi connectivity index (χ3v) is 7.24. The number of nitrogens with zero attached hydrogens (tertiary/aromatic N) is 1. The summed E-state index contributed by atoms with van der Waals surface area (Å²) in [6.07, 6.45) is 0. The molecule has 0 saturated carbocycles. The number of para-hydroxylation sites is 1. The Balaban J connectivity index is 1.32. The van der Waals surface area contributed by atoms with Gasteiger partial charge in [0.05, 0.1) is 10.9 Å². The fraction of sp³-hybridized carbons (Fsp3) is 0.179. The molecular weight excluding hydrogens is 490 g/mol. The van der Waals surface area contributed by atoms with Crippen molar-refractivity contribution in [2.75, 3.05) is 17.2 Å². The normalized spacial score (nSPS) is 11.5. The fourth-order valence-corrected chi connectivity index (χ4v) is 5.17. The van der Waals surface area contributed by atoms with Crippen LogP contribution < -0.4 is 15.4 Å². The molecule has 1 heterocycles. The first-order chi connectivity index (χ1) is 17.4. The number of aromatic nitrogens is 1. The predicted molar refractivity (Wildman–Crippen MR) is 148 cm³/mol. The minimum absolute atomic E-state index is 0.0853. The molecule has 0 saturated heterocycles. The largest absolute Gasteiger partial charge is 0.484 e. The number of aryl methyl sites for hydroxylation is 2. The summed E-state index contributed by atoms with van der Waals surface area (Å²) in [5.74, 6) is 0.253. The Labute approximate surface area is 219 Å². The maximum Gasteiger partial charge on any atom is 0.262 e. The van der Waals surface area contributed by atoms with Crippen LogP contribution >= 0.6 is 23.1 Å². The highest BCUT2D eigenvalue weighted by atomic mass is 32.2. The van der Waals surface area contributed by atoms with Crippen LogP contribution in [0.1, 0.15) is 17.4 Å². The standard InChI is InChI=1S/C28H27N3O3S2/c1-18-12-14-21(15-13-18)26-19(2)36-28(30-26)31-27(33)20(3)35-24-11-7-8-22(16-24)29-25(32)17-34-23-9-5-4-6-10-23/h4-16,20H,17H2,1-3H3,(H,29,32)(H,30,31,33). The summed E-state index contributed by atoms with van der Waals surface area (Å²) in [6, 6.07) is 24.8. The number of carbonyl (C=O) groups is 2. The first kappa shape index (κ1) is 25.5. The average molecular weight is 518 g/mol. The Morgan fingerprint density at radius 1 is 0.972 bits per heavy atom. The van der Waals surface area contributed by atoms with Crippen molar-refractivity contribution >= 4 is 45.7 Å². The number of nitrogens with one attached hydrogen (secondary N) is 2. The van der Waals surface area contributed by atoms with Gasteiger partial charge in [0.25, 0.3) is 5.91 Å². The lowest BCUT2D eigenvalue weighted by Crippen LogP contribution is -2.22. The van der Waals surface area contributed by atoms with E-state index in [1.54, 1.807) is 18.2 Å². The highest BCUT2D eigenvalue weighted by Crippen LogP contribution is 2.32. The second-order valence-corrected chi connectivity index (χ2v) is 10.8. The molecule has 2 amide bonds. The summed E-state index contributed by atoms with van der Waals surface area (Å²) < 4.78 is 5.49. The SMILES string of the molecule is Cc1ccc(-c2nc(NC(=O)C(C)Sc3cccc(NC(=O)COc4ccccc4)c3)sc2C)cc1. The van der Waals surface area contributed by atoms with Gasteiger partial charge in [0.1, 0.15) is 5.75 Å². The van der Waals surface area contributed by atoms with Gasteiger partial charge in [-0.15, -0.1) is 23.1 Å². The third kappa shape index (κ3) is 6.96. The minimum atomic E-state index is -0.357. The van der Waals surface area contributed by atoms with E-state index in [9.17, 15) is 9.59 Å². The summed E-state index contributed by atoms with van der Waals surface area (Å²) in [6.45, 7) is 5.82. The Bertz CT molecular complexity index is 1340. The number of rotatable bonds is 9. The molecule has 0 aliphatic rings. The van der Waals surface area contributed by atoms with Gasteiger partial charge in [-0.25, -0.2) is 4.98 Å². The number of thiazole rings is 1. The third-order valence-electron chi connectivity index (χ3n) is 5.26. The lowest BCUT2D eigenvalue weighted by molar-refractivity contribution is -0.118. The second-order valence-electron chi connectivity index (χ2n) is 8.22. The number of hydrogen-bond donors (Lipinski definition) is 2. The average Bonchev–Trinajstić information content (AvgIpc) is 3.23. The number of ether oxygens (including phenoxy) is 1. The molecule has 0 spiro atoms. The van der Waals surface area contributed by atoms with Gasteiger partial charge in [-0.1, -0.05) is 54.1 Å². The Morgan fingerprint density at radius 2 is 1.72 bits per heavy atom. The van der Waals surface area contributed by atoms with Gasteiger partial charge in [-0.05, 0) is 51.1 Å². The zero-order chi connectivity index (χ0) is 25.5. The van der Waals surface area contributed by atoms with Crippen molar-refractivity contribution < 1.29 is 14.3 Å². The van der Waals surface area contributed by atoms with Crippen LogP contribution in [-0.4, -0.2) is 28.7 Å². The maximum absolute atomic E-state index is 12.8. The molecule has 2 N–H and O–H groups in total. The van der Waals surface area contributed by atoms with Crippen LogP contribution in [-0.2, 0) is 9.59 Å². The van der Waals surface area contributed by atoms with Crippen molar-refractivity contribution in [2.24, 2.45) is 0 Å². The van der Waals surface area contributed by atoms with Crippen molar-refractivity contribution in [1.29, 1.82) is 0 Å². The van der Waals surface area contributed by atoms with Crippen LogP contribution in [0.25, 0.3) is 11.3 Å². The molecule has 184 valence electrons. The van der Waals surface area contributed by atoms with Crippen molar-refractivity contribution in [3.05, 3.63) is 89.3 Å². The molecule has 0 aliphatic heterocycles. The molecule has 0 radical (unpaired) electrons. The summed E-state index contributed by atoms with van der Waals surface area (Å²) in [4.78, 5) is 31.7. The van der Waals surface area contributed by atoms with Gasteiger partial charge >= 0.3 is 0 Å². The lowest BCUT2D eigenvalue weighted by Gasteiger charge is -2.12. The predicted octanol–water partition coefficient (Wildman–Crippen LogP) is 6.56. The summed E-state index contributed by atoms with van der Waals surface area (Å²) in [5, 5.41) is 6.01. The molecule has 6 nitrogen and oxygen atoms in total. The first-order valence-electron chi connectivity index (χ1n) is 11.5. The first-order valence-corrected chi connectivity index (χ1v) is 13.2. The van der Waals surface area contributed by atoms with Gasteiger partial charge in [-0.3, -0.25) is 9.59 Å². The van der Waals surface area contributed by atoms with Crippen LogP contribution in [0.2, 0.25) is 0 Å². The van der Waals surface area contributed by atoms with Crippen LogP contribution in [0.3, 0.4) is 0 Å². The van der Waals surface area contributed by atoms with Crippen molar-refractivity contribution in [3.8, 4) is 17.0 Å². The van der Waals surface area contributed by atoms with Gasteiger partial charge in [-0.2, -0.15) is 0 Å². The lowest BCUT2D eigenvalue weighted by atomic mass is 10.1. The molecular formula is C28H27N3O3S2. The number of hydrogen-bond acceptors (Lipinski definition) is 6. The summed E-state index contributed by atoms with van der Waals surface area (Å²) in [5.41, 5.74) is 3.75. The van der Waals surface area contributed by atoms with Crippen LogP contribution in [0, 0.1) is 13.8 Å². The smallest absolute Gasteiger partial charge is 0.262 e. The molecule has 1 aromatic heterocycles. The van der Waals surface area contributed by atoms with Crippen LogP contribution in [0.5, 0.6) is 5.75 Å². The van der Waals surface area contributed by atoms with E-state index in [-0.39, 0.29) is 23.7 Å². The number of amides is 2. The molecule has 8 heteroatoms. The molecule has 1 unspecified atom stereocenters. The Hall–Kier alpha value is -3.62. The number of anilines is 2. The zero-order valence-corrected chi connectivity index (χ0v) is 21.9. The minimum Gasteiger partial charge on any atom is -0.484 e. The van der Waals surface area contributed by atoms with Gasteiger partial charge in [0.15, 0.2) is 11.7 Å². The number of carbonyl (C=O) groups excluding carboxylic acids is 2. The van der Waals surface area contributed by atoms with Gasteiger partial charge in [0.2, 0.25) is 5.91 Å². The molecule has 0 bridgehead atoms. The molecule has 0 fully saturated rings. The zero-order valence-electron chi connectivity index (χ0n) is 20.3. The van der Waals surface area contributed by atoms with Crippen molar-refractivity contribution in [1.82, 2.24) is 4.98 Å².